The molecule has 0 saturated carbocycles. The number of hydrogen-bond acceptors (Lipinski definition) is 11. The molecular weight excluding hydrogens is 1110 g/mol. The van der Waals surface area contributed by atoms with Gasteiger partial charge in [-0.25, -0.2) is 0 Å². The van der Waals surface area contributed by atoms with Gasteiger partial charge in [0.2, 0.25) is 0 Å². The molecule has 0 heterocycles. The Labute approximate surface area is 509 Å². The van der Waals surface area contributed by atoms with E-state index in [-0.39, 0.29) is 83.6 Å². The van der Waals surface area contributed by atoms with E-state index in [0.717, 1.165) is 22.3 Å². The Kier molecular flexibility index (Phi) is 31.3. The summed E-state index contributed by atoms with van der Waals surface area (Å²) in [6, 6.07) is 38.8. The molecule has 6 aromatic carbocycles. The average Bonchev–Trinajstić information content (AvgIpc) is 3.36. The zero-order valence-corrected chi connectivity index (χ0v) is 56.3. The fourth-order valence-corrected chi connectivity index (χ4v) is 7.44. The van der Waals surface area contributed by atoms with Crippen molar-refractivity contribution in [2.24, 2.45) is 20.0 Å². The van der Waals surface area contributed by atoms with Gasteiger partial charge in [-0.15, -0.1) is 13.2 Å². The smallest absolute Gasteiger partial charge is 0.872 e. The maximum absolute atomic E-state index is 13.3. The van der Waals surface area contributed by atoms with Gasteiger partial charge in [0, 0.05) is 45.6 Å². The molecule has 11 nitrogen and oxygen atoms in total. The van der Waals surface area contributed by atoms with Crippen LogP contribution < -0.4 is 20.4 Å². The van der Waals surface area contributed by atoms with Gasteiger partial charge < -0.3 is 20.4 Å². The Morgan fingerprint density at radius 1 is 0.395 bits per heavy atom. The van der Waals surface area contributed by atoms with Crippen molar-refractivity contribution in [3.05, 3.63) is 190 Å². The van der Waals surface area contributed by atoms with Crippen LogP contribution >= 0.6 is 0 Å². The maximum atomic E-state index is 13.3. The molecule has 0 saturated heterocycles. The van der Waals surface area contributed by atoms with Crippen LogP contribution in [0, 0.1) is 34.0 Å². The van der Waals surface area contributed by atoms with Crippen molar-refractivity contribution < 1.29 is 59.4 Å². The van der Waals surface area contributed by atoms with Crippen molar-refractivity contribution in [3.63, 3.8) is 0 Å². The summed E-state index contributed by atoms with van der Waals surface area (Å²) in [6.07, 6.45) is 10.9. The number of nitriles is 3. The van der Waals surface area contributed by atoms with Crippen molar-refractivity contribution in [2.45, 2.75) is 138 Å². The molecule has 0 unspecified atom stereocenters. The summed E-state index contributed by atoms with van der Waals surface area (Å²) in [5.74, 6) is -0.126. The van der Waals surface area contributed by atoms with Crippen LogP contribution in [0.3, 0.4) is 0 Å². The first kappa shape index (κ1) is 73.4. The van der Waals surface area contributed by atoms with Gasteiger partial charge in [-0.3, -0.25) is 20.0 Å². The molecular formula is C68H77N7O4Zn2. The molecule has 0 fully saturated rings. The van der Waals surface area contributed by atoms with Gasteiger partial charge in [-0.05, 0) is 103 Å². The first-order chi connectivity index (χ1) is 37.1. The quantitative estimate of drug-likeness (QED) is 0.0656. The van der Waals surface area contributed by atoms with E-state index in [1.165, 1.54) is 20.8 Å². The van der Waals surface area contributed by atoms with Crippen LogP contribution in [0.1, 0.15) is 159 Å². The van der Waals surface area contributed by atoms with E-state index >= 15 is 0 Å². The molecule has 0 aliphatic heterocycles. The summed E-state index contributed by atoms with van der Waals surface area (Å²) in [6.45, 7) is 36.8. The zero-order valence-electron chi connectivity index (χ0n) is 50.4. The average molecular weight is 1190 g/mol. The SMILES string of the molecule is C=CCc1cccc(C=Nc2ccccc2N=Cc2cc(C(C)(C)C)cc(C(C)(C)C)c2[O-])c1[O-].C=CCc1cccc(C=Nc2ccccc2N=Cc2cc(C(C)(C)C)cc(C(C)(C)C)c2[O-])c1[O-].CC#N.CC#N.CC#N.[Zn+2].[Zn+2]. The number of nitrogens with zero attached hydrogens (tertiary/aromatic N) is 7. The molecule has 6 aromatic rings. The second-order valence-corrected chi connectivity index (χ2v) is 22.2. The van der Waals surface area contributed by atoms with Crippen LogP contribution in [0.4, 0.5) is 22.7 Å². The third kappa shape index (κ3) is 23.2. The van der Waals surface area contributed by atoms with Crippen molar-refractivity contribution in [1.82, 2.24) is 0 Å². The molecule has 13 heteroatoms. The van der Waals surface area contributed by atoms with Gasteiger partial charge in [0.15, 0.2) is 0 Å². The summed E-state index contributed by atoms with van der Waals surface area (Å²) >= 11 is 0. The summed E-state index contributed by atoms with van der Waals surface area (Å²) in [5.41, 5.74) is 8.97. The Morgan fingerprint density at radius 3 is 0.889 bits per heavy atom. The van der Waals surface area contributed by atoms with E-state index in [4.69, 9.17) is 15.8 Å². The molecule has 6 rings (SSSR count). The molecule has 0 aliphatic carbocycles. The standard InChI is InChI=1S/2C31H36N2O2.3C2H3N.2Zn/c2*1-8-12-21-13-11-14-22(28(21)34)19-32-26-15-9-10-16-27(26)33-20-23-17-24(30(2,3)4)18-25(29(23)35)31(5,6)7;3*1-2-3;;/h2*8-11,13-20,34-35H,1,12H2,2-7H3;3*1H3;;/q;;;;;2*+2/p-4. The number of hydrogen-bond donors (Lipinski definition) is 0. The van der Waals surface area contributed by atoms with Crippen LogP contribution in [0.5, 0.6) is 23.0 Å². The summed E-state index contributed by atoms with van der Waals surface area (Å²) in [7, 11) is 0. The van der Waals surface area contributed by atoms with E-state index in [9.17, 15) is 20.4 Å². The van der Waals surface area contributed by atoms with Gasteiger partial charge in [0.1, 0.15) is 0 Å². The van der Waals surface area contributed by atoms with E-state index in [1.807, 2.05) is 84.9 Å². The van der Waals surface area contributed by atoms with E-state index in [0.29, 0.717) is 69.0 Å². The molecule has 0 atom stereocenters. The minimum absolute atomic E-state index is 0. The number of benzene rings is 6. The maximum Gasteiger partial charge on any atom is 2.00 e. The molecule has 412 valence electrons. The first-order valence-corrected chi connectivity index (χ1v) is 25.9. The Balaban J connectivity index is 0.00000135. The first-order valence-electron chi connectivity index (χ1n) is 25.9. The summed E-state index contributed by atoms with van der Waals surface area (Å²) in [4.78, 5) is 18.4. The molecule has 0 amide bonds. The molecule has 0 radical (unpaired) electrons. The molecule has 81 heavy (non-hydrogen) atoms. The third-order valence-electron chi connectivity index (χ3n) is 11.7. The minimum Gasteiger partial charge on any atom is -0.872 e. The molecule has 0 bridgehead atoms. The molecule has 0 spiro atoms. The summed E-state index contributed by atoms with van der Waals surface area (Å²) in [5, 5.41) is 73.8. The number of allylic oxidation sites excluding steroid dienone is 2. The fourth-order valence-electron chi connectivity index (χ4n) is 7.44. The Bertz CT molecular complexity index is 3040. The van der Waals surface area contributed by atoms with E-state index in [2.05, 4.69) is 116 Å². The topological polar surface area (TPSA) is 213 Å². The van der Waals surface area contributed by atoms with Gasteiger partial charge in [0.05, 0.1) is 41.0 Å². The minimum atomic E-state index is -0.278. The monoisotopic (exact) mass is 1180 g/mol. The van der Waals surface area contributed by atoms with Gasteiger partial charge >= 0.3 is 39.0 Å². The van der Waals surface area contributed by atoms with E-state index in [1.54, 1.807) is 79.5 Å². The van der Waals surface area contributed by atoms with Crippen LogP contribution in [0.25, 0.3) is 0 Å². The number of rotatable bonds is 12. The predicted molar refractivity (Wildman–Crippen MR) is 322 cm³/mol. The third-order valence-corrected chi connectivity index (χ3v) is 11.7. The van der Waals surface area contributed by atoms with Crippen molar-refractivity contribution >= 4 is 47.6 Å². The van der Waals surface area contributed by atoms with Gasteiger partial charge in [0.25, 0.3) is 0 Å². The van der Waals surface area contributed by atoms with Crippen LogP contribution in [-0.2, 0) is 73.5 Å². The zero-order chi connectivity index (χ0) is 59.7. The normalized spacial score (nSPS) is 11.1. The van der Waals surface area contributed by atoms with Gasteiger partial charge in [-0.2, -0.15) is 15.8 Å². The van der Waals surface area contributed by atoms with Gasteiger partial charge in [-0.1, -0.05) is 214 Å². The predicted octanol–water partition coefficient (Wildman–Crippen LogP) is 14.9. The number of aliphatic imine (C=N–C) groups is 4. The van der Waals surface area contributed by atoms with Crippen LogP contribution in [0.15, 0.2) is 154 Å². The van der Waals surface area contributed by atoms with Crippen molar-refractivity contribution in [1.29, 1.82) is 15.8 Å². The molecule has 0 aromatic heterocycles. The summed E-state index contributed by atoms with van der Waals surface area (Å²) < 4.78 is 0. The second kappa shape index (κ2) is 34.5. The van der Waals surface area contributed by atoms with Crippen LogP contribution in [-0.4, -0.2) is 24.9 Å². The fraction of sp³-hybridized carbons (Fsp3) is 0.309. The second-order valence-electron chi connectivity index (χ2n) is 22.2. The number of para-hydroxylation sites is 6. The van der Waals surface area contributed by atoms with Crippen molar-refractivity contribution in [3.8, 4) is 41.2 Å². The Hall–Kier alpha value is -7.60. The molecule has 0 N–H and O–H groups in total. The Morgan fingerprint density at radius 2 is 0.654 bits per heavy atom. The van der Waals surface area contributed by atoms with Crippen molar-refractivity contribution in [2.75, 3.05) is 0 Å². The van der Waals surface area contributed by atoms with Crippen LogP contribution in [0.2, 0.25) is 0 Å². The van der Waals surface area contributed by atoms with E-state index < -0.39 is 0 Å². The molecule has 0 aliphatic rings. The largest absolute Gasteiger partial charge is 2.00 e.